The molecule has 0 radical (unpaired) electrons. The van der Waals surface area contributed by atoms with Crippen LogP contribution in [0.15, 0.2) is 5.57 Å². The van der Waals surface area contributed by atoms with E-state index in [0.29, 0.717) is 0 Å². The molecular formula is C10H14ClNS. The van der Waals surface area contributed by atoms with Gasteiger partial charge in [0.15, 0.2) is 0 Å². The first kappa shape index (κ1) is 10.7. The SMILES string of the molecule is C/C(=C\c1sc(C)nc1C)C(C)Cl. The van der Waals surface area contributed by atoms with Crippen molar-refractivity contribution in [1.82, 2.24) is 4.98 Å². The van der Waals surface area contributed by atoms with E-state index >= 15 is 0 Å². The lowest BCUT2D eigenvalue weighted by atomic mass is 10.2. The fourth-order valence-electron chi connectivity index (χ4n) is 1.00. The van der Waals surface area contributed by atoms with Crippen LogP contribution < -0.4 is 0 Å². The summed E-state index contributed by atoms with van der Waals surface area (Å²) in [4.78, 5) is 5.58. The Balaban J connectivity index is 2.96. The molecule has 0 bridgehead atoms. The van der Waals surface area contributed by atoms with Crippen molar-refractivity contribution in [3.05, 3.63) is 21.2 Å². The minimum atomic E-state index is 0.0989. The first-order valence-electron chi connectivity index (χ1n) is 4.27. The third-order valence-corrected chi connectivity index (χ3v) is 3.29. The predicted octanol–water partition coefficient (Wildman–Crippen LogP) is 3.79. The highest BCUT2D eigenvalue weighted by Crippen LogP contribution is 2.22. The standard InChI is InChI=1S/C10H14ClNS/c1-6(7(2)11)5-10-8(3)12-9(4)13-10/h5,7H,1-4H3/b6-5+. The van der Waals surface area contributed by atoms with Gasteiger partial charge in [-0.3, -0.25) is 0 Å². The van der Waals surface area contributed by atoms with Gasteiger partial charge in [-0.05, 0) is 33.8 Å². The summed E-state index contributed by atoms with van der Waals surface area (Å²) in [5.41, 5.74) is 2.28. The Bertz CT molecular complexity index is 326. The van der Waals surface area contributed by atoms with Gasteiger partial charge in [0, 0.05) is 0 Å². The number of hydrogen-bond donors (Lipinski definition) is 0. The zero-order valence-corrected chi connectivity index (χ0v) is 9.96. The van der Waals surface area contributed by atoms with E-state index < -0.39 is 0 Å². The summed E-state index contributed by atoms with van der Waals surface area (Å²) in [7, 11) is 0. The highest BCUT2D eigenvalue weighted by molar-refractivity contribution is 7.12. The quantitative estimate of drug-likeness (QED) is 0.685. The Morgan fingerprint density at radius 3 is 2.54 bits per heavy atom. The molecule has 0 N–H and O–H groups in total. The average Bonchev–Trinajstić information content (AvgIpc) is 2.30. The lowest BCUT2D eigenvalue weighted by Gasteiger charge is -2.01. The number of alkyl halides is 1. The summed E-state index contributed by atoms with van der Waals surface area (Å²) in [5.74, 6) is 0. The van der Waals surface area contributed by atoms with Crippen LogP contribution in [0.5, 0.6) is 0 Å². The second-order valence-corrected chi connectivity index (χ2v) is 5.08. The number of hydrogen-bond acceptors (Lipinski definition) is 2. The number of halogens is 1. The molecule has 3 heteroatoms. The molecule has 1 unspecified atom stereocenters. The molecule has 0 spiro atoms. The molecule has 13 heavy (non-hydrogen) atoms. The number of aryl methyl sites for hydroxylation is 2. The van der Waals surface area contributed by atoms with Gasteiger partial charge in [0.2, 0.25) is 0 Å². The van der Waals surface area contributed by atoms with E-state index in [4.69, 9.17) is 11.6 Å². The Morgan fingerprint density at radius 1 is 1.54 bits per heavy atom. The van der Waals surface area contributed by atoms with Crippen molar-refractivity contribution in [2.24, 2.45) is 0 Å². The first-order valence-corrected chi connectivity index (χ1v) is 5.52. The molecule has 0 aliphatic rings. The van der Waals surface area contributed by atoms with Crippen LogP contribution in [0.4, 0.5) is 0 Å². The van der Waals surface area contributed by atoms with Gasteiger partial charge in [0.25, 0.3) is 0 Å². The van der Waals surface area contributed by atoms with Crippen LogP contribution in [0, 0.1) is 13.8 Å². The number of rotatable bonds is 2. The summed E-state index contributed by atoms with van der Waals surface area (Å²) in [6, 6.07) is 0. The van der Waals surface area contributed by atoms with Crippen LogP contribution in [0.3, 0.4) is 0 Å². The highest BCUT2D eigenvalue weighted by Gasteiger charge is 2.04. The monoisotopic (exact) mass is 215 g/mol. The zero-order valence-electron chi connectivity index (χ0n) is 8.39. The van der Waals surface area contributed by atoms with E-state index in [1.807, 2.05) is 27.7 Å². The summed E-state index contributed by atoms with van der Waals surface area (Å²) < 4.78 is 0. The first-order chi connectivity index (χ1) is 6.00. The van der Waals surface area contributed by atoms with Crippen molar-refractivity contribution in [3.63, 3.8) is 0 Å². The van der Waals surface area contributed by atoms with Crippen molar-refractivity contribution in [2.45, 2.75) is 33.1 Å². The zero-order chi connectivity index (χ0) is 10.0. The third kappa shape index (κ3) is 2.82. The van der Waals surface area contributed by atoms with Gasteiger partial charge in [-0.1, -0.05) is 5.57 Å². The molecular weight excluding hydrogens is 202 g/mol. The van der Waals surface area contributed by atoms with Crippen LogP contribution >= 0.6 is 22.9 Å². The van der Waals surface area contributed by atoms with Crippen molar-refractivity contribution in [1.29, 1.82) is 0 Å². The fourth-order valence-corrected chi connectivity index (χ4v) is 2.00. The molecule has 0 aliphatic heterocycles. The Labute approximate surface area is 88.5 Å². The van der Waals surface area contributed by atoms with Crippen molar-refractivity contribution < 1.29 is 0 Å². The van der Waals surface area contributed by atoms with E-state index in [2.05, 4.69) is 11.1 Å². The second-order valence-electron chi connectivity index (χ2n) is 3.19. The van der Waals surface area contributed by atoms with Gasteiger partial charge in [0.1, 0.15) is 0 Å². The average molecular weight is 216 g/mol. The molecule has 0 aromatic carbocycles. The molecule has 1 aromatic rings. The van der Waals surface area contributed by atoms with Crippen LogP contribution in [0.1, 0.15) is 29.4 Å². The minimum Gasteiger partial charge on any atom is -0.246 e. The lowest BCUT2D eigenvalue weighted by molar-refractivity contribution is 1.12. The molecule has 1 atom stereocenters. The topological polar surface area (TPSA) is 12.9 Å². The fraction of sp³-hybridized carbons (Fsp3) is 0.500. The van der Waals surface area contributed by atoms with Crippen LogP contribution in [-0.4, -0.2) is 10.4 Å². The number of thiazole rings is 1. The van der Waals surface area contributed by atoms with E-state index in [-0.39, 0.29) is 5.38 Å². The Kier molecular flexibility index (Phi) is 3.51. The van der Waals surface area contributed by atoms with E-state index in [9.17, 15) is 0 Å². The van der Waals surface area contributed by atoms with E-state index in [1.165, 1.54) is 10.5 Å². The maximum atomic E-state index is 5.95. The van der Waals surface area contributed by atoms with Gasteiger partial charge in [-0.15, -0.1) is 22.9 Å². The molecule has 72 valence electrons. The highest BCUT2D eigenvalue weighted by atomic mass is 35.5. The largest absolute Gasteiger partial charge is 0.246 e. The molecule has 0 saturated carbocycles. The Hall–Kier alpha value is -0.340. The smallest absolute Gasteiger partial charge is 0.0903 e. The van der Waals surface area contributed by atoms with Gasteiger partial charge in [-0.2, -0.15) is 0 Å². The van der Waals surface area contributed by atoms with Crippen LogP contribution in [-0.2, 0) is 0 Å². The molecule has 1 rings (SSSR count). The Morgan fingerprint density at radius 2 is 2.15 bits per heavy atom. The summed E-state index contributed by atoms with van der Waals surface area (Å²) >= 11 is 7.67. The molecule has 1 heterocycles. The normalized spacial score (nSPS) is 14.7. The maximum Gasteiger partial charge on any atom is 0.0903 e. The van der Waals surface area contributed by atoms with Crippen LogP contribution in [0.25, 0.3) is 6.08 Å². The van der Waals surface area contributed by atoms with Gasteiger partial charge < -0.3 is 0 Å². The summed E-state index contributed by atoms with van der Waals surface area (Å²) in [6.45, 7) is 8.08. The van der Waals surface area contributed by atoms with Gasteiger partial charge in [0.05, 0.1) is 21.0 Å². The molecule has 1 nitrogen and oxygen atoms in total. The molecule has 1 aromatic heterocycles. The molecule has 0 saturated heterocycles. The summed E-state index contributed by atoms with van der Waals surface area (Å²) in [5, 5.41) is 1.21. The van der Waals surface area contributed by atoms with Crippen LogP contribution in [0.2, 0.25) is 0 Å². The molecule has 0 aliphatic carbocycles. The number of nitrogens with zero attached hydrogens (tertiary/aromatic N) is 1. The van der Waals surface area contributed by atoms with Gasteiger partial charge in [-0.25, -0.2) is 4.98 Å². The lowest BCUT2D eigenvalue weighted by Crippen LogP contribution is -1.91. The van der Waals surface area contributed by atoms with Gasteiger partial charge >= 0.3 is 0 Å². The minimum absolute atomic E-state index is 0.0989. The molecule has 0 fully saturated rings. The van der Waals surface area contributed by atoms with E-state index in [1.54, 1.807) is 11.3 Å². The second kappa shape index (κ2) is 4.25. The predicted molar refractivity (Wildman–Crippen MR) is 60.6 cm³/mol. The maximum absolute atomic E-state index is 5.95. The van der Waals surface area contributed by atoms with E-state index in [0.717, 1.165) is 10.7 Å². The van der Waals surface area contributed by atoms with Crippen molar-refractivity contribution in [3.8, 4) is 0 Å². The van der Waals surface area contributed by atoms with Crippen molar-refractivity contribution in [2.75, 3.05) is 0 Å². The number of allylic oxidation sites excluding steroid dienone is 1. The third-order valence-electron chi connectivity index (χ3n) is 1.93. The molecule has 0 amide bonds. The summed E-state index contributed by atoms with van der Waals surface area (Å²) in [6.07, 6.45) is 2.12. The number of aromatic nitrogens is 1. The van der Waals surface area contributed by atoms with Crippen molar-refractivity contribution >= 4 is 29.0 Å².